The van der Waals surface area contributed by atoms with Crippen molar-refractivity contribution in [3.05, 3.63) is 69.7 Å². The van der Waals surface area contributed by atoms with Crippen LogP contribution in [-0.2, 0) is 0 Å². The number of Topliss-reactive ketones (excluding diaryl/α,β-unsaturated/α-hetero) is 1. The predicted molar refractivity (Wildman–Crippen MR) is 75.6 cm³/mol. The summed E-state index contributed by atoms with van der Waals surface area (Å²) in [6.45, 7) is 0. The Balaban J connectivity index is 2.38. The highest BCUT2D eigenvalue weighted by molar-refractivity contribution is 6.34. The van der Waals surface area contributed by atoms with E-state index in [0.29, 0.717) is 21.2 Å². The molecule has 0 aromatic heterocycles. The Hall–Kier alpha value is -1.82. The van der Waals surface area contributed by atoms with Crippen molar-refractivity contribution in [2.45, 2.75) is 5.92 Å². The van der Waals surface area contributed by atoms with Gasteiger partial charge in [0.1, 0.15) is 5.92 Å². The van der Waals surface area contributed by atoms with Gasteiger partial charge in [-0.3, -0.25) is 4.79 Å². The molecule has 0 aliphatic rings. The maximum atomic E-state index is 12.3. The molecule has 0 spiro atoms. The molecule has 2 aromatic carbocycles. The topological polar surface area (TPSA) is 40.9 Å². The number of benzene rings is 2. The van der Waals surface area contributed by atoms with Crippen LogP contribution >= 0.6 is 23.2 Å². The lowest BCUT2D eigenvalue weighted by Crippen LogP contribution is -2.11. The number of nitriles is 1. The first-order valence-corrected chi connectivity index (χ1v) is 6.33. The maximum absolute atomic E-state index is 12.3. The zero-order valence-electron chi connectivity index (χ0n) is 9.81. The van der Waals surface area contributed by atoms with Crippen molar-refractivity contribution in [1.29, 1.82) is 5.26 Å². The van der Waals surface area contributed by atoms with Crippen molar-refractivity contribution in [2.75, 3.05) is 0 Å². The van der Waals surface area contributed by atoms with Crippen molar-refractivity contribution >= 4 is 29.0 Å². The van der Waals surface area contributed by atoms with E-state index in [1.54, 1.807) is 48.5 Å². The van der Waals surface area contributed by atoms with E-state index >= 15 is 0 Å². The molecule has 0 saturated carbocycles. The van der Waals surface area contributed by atoms with Gasteiger partial charge in [-0.05, 0) is 29.8 Å². The van der Waals surface area contributed by atoms with E-state index in [-0.39, 0.29) is 5.78 Å². The molecule has 0 heterocycles. The van der Waals surface area contributed by atoms with Gasteiger partial charge >= 0.3 is 0 Å². The van der Waals surface area contributed by atoms with E-state index in [9.17, 15) is 10.1 Å². The lowest BCUT2D eigenvalue weighted by Gasteiger charge is -2.09. The summed E-state index contributed by atoms with van der Waals surface area (Å²) in [7, 11) is 0. The first kappa shape index (κ1) is 13.6. The summed E-state index contributed by atoms with van der Waals surface area (Å²) in [6.07, 6.45) is 0. The molecule has 0 fully saturated rings. The van der Waals surface area contributed by atoms with Crippen LogP contribution in [0.1, 0.15) is 21.8 Å². The van der Waals surface area contributed by atoms with Crippen molar-refractivity contribution in [3.8, 4) is 6.07 Å². The van der Waals surface area contributed by atoms with E-state index in [1.165, 1.54) is 0 Å². The number of carbonyl (C=O) groups excluding carboxylic acids is 1. The van der Waals surface area contributed by atoms with Crippen LogP contribution < -0.4 is 0 Å². The number of hydrogen-bond donors (Lipinski definition) is 0. The Morgan fingerprint density at radius 1 is 1.05 bits per heavy atom. The molecule has 0 aliphatic carbocycles. The van der Waals surface area contributed by atoms with Crippen molar-refractivity contribution in [1.82, 2.24) is 0 Å². The molecule has 94 valence electrons. The Morgan fingerprint density at radius 2 is 1.68 bits per heavy atom. The van der Waals surface area contributed by atoms with Crippen LogP contribution in [0.25, 0.3) is 0 Å². The number of rotatable bonds is 3. The molecule has 0 N–H and O–H groups in total. The zero-order valence-corrected chi connectivity index (χ0v) is 11.3. The standard InChI is InChI=1S/C15H9Cl2NO/c16-11-7-5-10(6-8-11)13(9-18)15(19)12-3-1-2-4-14(12)17/h1-8,13H/t13-/m1/s1. The number of halogens is 2. The predicted octanol–water partition coefficient (Wildman–Crippen LogP) is 4.48. The van der Waals surface area contributed by atoms with Gasteiger partial charge in [0.05, 0.1) is 11.1 Å². The average Bonchev–Trinajstić information content (AvgIpc) is 2.42. The van der Waals surface area contributed by atoms with Gasteiger partial charge in [0.15, 0.2) is 5.78 Å². The molecule has 2 rings (SSSR count). The highest BCUT2D eigenvalue weighted by atomic mass is 35.5. The third kappa shape index (κ3) is 2.96. The fraction of sp³-hybridized carbons (Fsp3) is 0.0667. The van der Waals surface area contributed by atoms with Crippen LogP contribution in [0.15, 0.2) is 48.5 Å². The van der Waals surface area contributed by atoms with Crippen LogP contribution in [0.3, 0.4) is 0 Å². The van der Waals surface area contributed by atoms with Gasteiger partial charge in [0.2, 0.25) is 0 Å². The highest BCUT2D eigenvalue weighted by Crippen LogP contribution is 2.25. The van der Waals surface area contributed by atoms with E-state index in [1.807, 2.05) is 6.07 Å². The molecule has 4 heteroatoms. The van der Waals surface area contributed by atoms with Gasteiger partial charge in [-0.1, -0.05) is 47.5 Å². The Bertz CT molecular complexity index is 644. The van der Waals surface area contributed by atoms with Crippen LogP contribution in [0.2, 0.25) is 10.0 Å². The lowest BCUT2D eigenvalue weighted by atomic mass is 9.92. The third-order valence-electron chi connectivity index (χ3n) is 2.73. The molecule has 1 atom stereocenters. The lowest BCUT2D eigenvalue weighted by molar-refractivity contribution is 0.0979. The van der Waals surface area contributed by atoms with Gasteiger partial charge in [-0.15, -0.1) is 0 Å². The van der Waals surface area contributed by atoms with Crippen LogP contribution in [0.4, 0.5) is 0 Å². The highest BCUT2D eigenvalue weighted by Gasteiger charge is 2.23. The normalized spacial score (nSPS) is 11.6. The Labute approximate surface area is 121 Å². The second-order valence-electron chi connectivity index (χ2n) is 3.96. The number of hydrogen-bond acceptors (Lipinski definition) is 2. The largest absolute Gasteiger partial charge is 0.292 e. The summed E-state index contributed by atoms with van der Waals surface area (Å²) in [6, 6.07) is 15.4. The monoisotopic (exact) mass is 289 g/mol. The molecule has 2 nitrogen and oxygen atoms in total. The Kier molecular flexibility index (Phi) is 4.21. The second kappa shape index (κ2) is 5.88. The maximum Gasteiger partial charge on any atom is 0.185 e. The van der Waals surface area contributed by atoms with E-state index in [4.69, 9.17) is 23.2 Å². The molecule has 2 aromatic rings. The molecule has 0 aliphatic heterocycles. The first-order valence-electron chi connectivity index (χ1n) is 5.57. The summed E-state index contributed by atoms with van der Waals surface area (Å²) in [5, 5.41) is 10.1. The second-order valence-corrected chi connectivity index (χ2v) is 4.80. The number of nitrogens with zero attached hydrogens (tertiary/aromatic N) is 1. The molecule has 0 unspecified atom stereocenters. The number of ketones is 1. The summed E-state index contributed by atoms with van der Waals surface area (Å²) in [5.41, 5.74) is 0.961. The number of carbonyl (C=O) groups is 1. The van der Waals surface area contributed by atoms with Crippen LogP contribution in [-0.4, -0.2) is 5.78 Å². The molecule has 0 saturated heterocycles. The van der Waals surface area contributed by atoms with Crippen molar-refractivity contribution in [3.63, 3.8) is 0 Å². The summed E-state index contributed by atoms with van der Waals surface area (Å²) in [4.78, 5) is 12.3. The van der Waals surface area contributed by atoms with Crippen LogP contribution in [0, 0.1) is 11.3 Å². The van der Waals surface area contributed by atoms with Gasteiger partial charge in [0.25, 0.3) is 0 Å². The molecular formula is C15H9Cl2NO. The third-order valence-corrected chi connectivity index (χ3v) is 3.32. The minimum atomic E-state index is -0.878. The van der Waals surface area contributed by atoms with Crippen molar-refractivity contribution in [2.24, 2.45) is 0 Å². The fourth-order valence-electron chi connectivity index (χ4n) is 1.76. The quantitative estimate of drug-likeness (QED) is 0.782. The van der Waals surface area contributed by atoms with E-state index in [2.05, 4.69) is 0 Å². The molecule has 19 heavy (non-hydrogen) atoms. The fourth-order valence-corrected chi connectivity index (χ4v) is 2.11. The van der Waals surface area contributed by atoms with E-state index < -0.39 is 5.92 Å². The van der Waals surface area contributed by atoms with Gasteiger partial charge in [0, 0.05) is 10.6 Å². The first-order chi connectivity index (χ1) is 9.13. The smallest absolute Gasteiger partial charge is 0.185 e. The van der Waals surface area contributed by atoms with Crippen molar-refractivity contribution < 1.29 is 4.79 Å². The summed E-state index contributed by atoms with van der Waals surface area (Å²) < 4.78 is 0. The summed E-state index contributed by atoms with van der Waals surface area (Å²) >= 11 is 11.8. The average molecular weight is 290 g/mol. The minimum absolute atomic E-state index is 0.310. The molecular weight excluding hydrogens is 281 g/mol. The molecule has 0 amide bonds. The summed E-state index contributed by atoms with van der Waals surface area (Å²) in [5.74, 6) is -1.19. The van der Waals surface area contributed by atoms with E-state index in [0.717, 1.165) is 0 Å². The van der Waals surface area contributed by atoms with Crippen LogP contribution in [0.5, 0.6) is 0 Å². The van der Waals surface area contributed by atoms with Gasteiger partial charge in [-0.25, -0.2) is 0 Å². The molecule has 0 bridgehead atoms. The minimum Gasteiger partial charge on any atom is -0.292 e. The Morgan fingerprint density at radius 3 is 2.26 bits per heavy atom. The molecule has 0 radical (unpaired) electrons. The SMILES string of the molecule is N#C[C@@H](C(=O)c1ccccc1Cl)c1ccc(Cl)cc1. The zero-order chi connectivity index (χ0) is 13.8. The van der Waals surface area contributed by atoms with Gasteiger partial charge in [-0.2, -0.15) is 5.26 Å². The van der Waals surface area contributed by atoms with Gasteiger partial charge < -0.3 is 0 Å².